The van der Waals surface area contributed by atoms with E-state index in [1.165, 1.54) is 0 Å². The molecule has 5 nitrogen and oxygen atoms in total. The molecule has 0 radical (unpaired) electrons. The van der Waals surface area contributed by atoms with Crippen LogP contribution in [0.25, 0.3) is 0 Å². The number of nitrogens with zero attached hydrogens (tertiary/aromatic N) is 1. The predicted octanol–water partition coefficient (Wildman–Crippen LogP) is 1.64. The van der Waals surface area contributed by atoms with Crippen LogP contribution in [0.1, 0.15) is 49.6 Å². The van der Waals surface area contributed by atoms with Gasteiger partial charge in [0.15, 0.2) is 0 Å². The van der Waals surface area contributed by atoms with Crippen molar-refractivity contribution in [2.75, 3.05) is 6.54 Å². The lowest BCUT2D eigenvalue weighted by Gasteiger charge is -2.15. The average molecular weight is 253 g/mol. The Labute approximate surface area is 108 Å². The van der Waals surface area contributed by atoms with Crippen LogP contribution in [0.15, 0.2) is 4.52 Å². The molecule has 102 valence electrons. The Morgan fingerprint density at radius 1 is 1.50 bits per heavy atom. The molecule has 2 atom stereocenters. The topological polar surface area (TPSA) is 81.2 Å². The summed E-state index contributed by atoms with van der Waals surface area (Å²) in [5.41, 5.74) is 7.70. The van der Waals surface area contributed by atoms with Gasteiger partial charge in [0.05, 0.1) is 11.7 Å². The standard InChI is InChI=1S/C13H23N3O2/c1-5-6-11(14)13(17)15-7-8(2)12-9(3)16-18-10(12)4/h8,11H,5-7,14H2,1-4H3,(H,15,17). The number of amides is 1. The number of hydrogen-bond donors (Lipinski definition) is 2. The quantitative estimate of drug-likeness (QED) is 0.807. The normalized spacial score (nSPS) is 14.3. The van der Waals surface area contributed by atoms with Gasteiger partial charge in [0.1, 0.15) is 5.76 Å². The minimum Gasteiger partial charge on any atom is -0.361 e. The second-order valence-corrected chi connectivity index (χ2v) is 4.78. The Bertz CT molecular complexity index is 381. The molecule has 3 N–H and O–H groups in total. The molecule has 0 aliphatic heterocycles. The molecule has 1 aromatic rings. The molecule has 0 fully saturated rings. The molecule has 0 saturated heterocycles. The van der Waals surface area contributed by atoms with E-state index in [-0.39, 0.29) is 11.8 Å². The summed E-state index contributed by atoms with van der Waals surface area (Å²) in [6.45, 7) is 8.40. The third-order valence-electron chi connectivity index (χ3n) is 3.10. The number of aromatic nitrogens is 1. The molecule has 0 spiro atoms. The minimum absolute atomic E-state index is 0.0875. The molecular weight excluding hydrogens is 230 g/mol. The van der Waals surface area contributed by atoms with E-state index in [2.05, 4.69) is 10.5 Å². The first kappa shape index (κ1) is 14.7. The first-order valence-electron chi connectivity index (χ1n) is 6.43. The van der Waals surface area contributed by atoms with Crippen molar-refractivity contribution in [3.8, 4) is 0 Å². The zero-order valence-electron chi connectivity index (χ0n) is 11.6. The highest BCUT2D eigenvalue weighted by Gasteiger charge is 2.18. The summed E-state index contributed by atoms with van der Waals surface area (Å²) in [5, 5.41) is 6.79. The lowest BCUT2D eigenvalue weighted by Crippen LogP contribution is -2.41. The monoisotopic (exact) mass is 253 g/mol. The van der Waals surface area contributed by atoms with Crippen molar-refractivity contribution in [1.29, 1.82) is 0 Å². The number of carbonyl (C=O) groups excluding carboxylic acids is 1. The molecule has 0 bridgehead atoms. The van der Waals surface area contributed by atoms with Crippen molar-refractivity contribution in [2.45, 2.75) is 52.5 Å². The van der Waals surface area contributed by atoms with Gasteiger partial charge in [-0.3, -0.25) is 4.79 Å². The Hall–Kier alpha value is -1.36. The van der Waals surface area contributed by atoms with Gasteiger partial charge in [-0.1, -0.05) is 25.4 Å². The third-order valence-corrected chi connectivity index (χ3v) is 3.10. The van der Waals surface area contributed by atoms with Crippen molar-refractivity contribution < 1.29 is 9.32 Å². The fraction of sp³-hybridized carbons (Fsp3) is 0.692. The molecule has 1 aromatic heterocycles. The Morgan fingerprint density at radius 2 is 2.17 bits per heavy atom. The molecule has 1 rings (SSSR count). The van der Waals surface area contributed by atoms with E-state index in [9.17, 15) is 4.79 Å². The van der Waals surface area contributed by atoms with E-state index in [1.807, 2.05) is 27.7 Å². The maximum absolute atomic E-state index is 11.7. The molecule has 18 heavy (non-hydrogen) atoms. The Balaban J connectivity index is 2.51. The molecule has 1 amide bonds. The average Bonchev–Trinajstić information content (AvgIpc) is 2.66. The van der Waals surface area contributed by atoms with Crippen molar-refractivity contribution in [2.24, 2.45) is 5.73 Å². The predicted molar refractivity (Wildman–Crippen MR) is 70.3 cm³/mol. The molecule has 0 aromatic carbocycles. The summed E-state index contributed by atoms with van der Waals surface area (Å²) >= 11 is 0. The second-order valence-electron chi connectivity index (χ2n) is 4.78. The van der Waals surface area contributed by atoms with Crippen LogP contribution in [0.5, 0.6) is 0 Å². The van der Waals surface area contributed by atoms with Crippen LogP contribution < -0.4 is 11.1 Å². The number of rotatable bonds is 6. The second kappa shape index (κ2) is 6.54. The van der Waals surface area contributed by atoms with Gasteiger partial charge < -0.3 is 15.6 Å². The number of nitrogens with two attached hydrogens (primary N) is 1. The number of carbonyl (C=O) groups is 1. The van der Waals surface area contributed by atoms with Gasteiger partial charge >= 0.3 is 0 Å². The van der Waals surface area contributed by atoms with Crippen molar-refractivity contribution >= 4 is 5.91 Å². The summed E-state index contributed by atoms with van der Waals surface area (Å²) in [6, 6.07) is -0.410. The number of nitrogens with one attached hydrogen (secondary N) is 1. The van der Waals surface area contributed by atoms with Gasteiger partial charge in [-0.2, -0.15) is 0 Å². The fourth-order valence-corrected chi connectivity index (χ4v) is 2.12. The van der Waals surface area contributed by atoms with Gasteiger partial charge in [-0.25, -0.2) is 0 Å². The van der Waals surface area contributed by atoms with Crippen LogP contribution in [0, 0.1) is 13.8 Å². The highest BCUT2D eigenvalue weighted by atomic mass is 16.5. The first-order chi connectivity index (χ1) is 8.47. The van der Waals surface area contributed by atoms with Crippen LogP contribution in [0.2, 0.25) is 0 Å². The SMILES string of the molecule is CCCC(N)C(=O)NCC(C)c1c(C)noc1C. The zero-order chi connectivity index (χ0) is 13.7. The lowest BCUT2D eigenvalue weighted by molar-refractivity contribution is -0.122. The van der Waals surface area contributed by atoms with Crippen LogP contribution >= 0.6 is 0 Å². The van der Waals surface area contributed by atoms with Gasteiger partial charge in [-0.15, -0.1) is 0 Å². The van der Waals surface area contributed by atoms with E-state index < -0.39 is 6.04 Å². The van der Waals surface area contributed by atoms with Crippen LogP contribution in [-0.4, -0.2) is 23.7 Å². The first-order valence-corrected chi connectivity index (χ1v) is 6.43. The third kappa shape index (κ3) is 3.57. The maximum Gasteiger partial charge on any atom is 0.236 e. The lowest BCUT2D eigenvalue weighted by atomic mass is 9.99. The highest BCUT2D eigenvalue weighted by Crippen LogP contribution is 2.22. The minimum atomic E-state index is -0.410. The fourth-order valence-electron chi connectivity index (χ4n) is 2.12. The van der Waals surface area contributed by atoms with Gasteiger partial charge in [-0.05, 0) is 20.3 Å². The Kier molecular flexibility index (Phi) is 5.34. The largest absolute Gasteiger partial charge is 0.361 e. The van der Waals surface area contributed by atoms with E-state index >= 15 is 0 Å². The van der Waals surface area contributed by atoms with Gasteiger partial charge in [0.2, 0.25) is 5.91 Å². The molecule has 2 unspecified atom stereocenters. The summed E-state index contributed by atoms with van der Waals surface area (Å²) in [5.74, 6) is 0.900. The Morgan fingerprint density at radius 3 is 2.67 bits per heavy atom. The van der Waals surface area contributed by atoms with E-state index in [0.717, 1.165) is 23.4 Å². The van der Waals surface area contributed by atoms with Crippen LogP contribution in [0.3, 0.4) is 0 Å². The molecular formula is C13H23N3O2. The summed E-state index contributed by atoms with van der Waals surface area (Å²) in [6.07, 6.45) is 1.62. The number of hydrogen-bond acceptors (Lipinski definition) is 4. The van der Waals surface area contributed by atoms with Gasteiger partial charge in [0, 0.05) is 18.0 Å². The van der Waals surface area contributed by atoms with E-state index in [4.69, 9.17) is 10.3 Å². The summed E-state index contributed by atoms with van der Waals surface area (Å²) in [4.78, 5) is 11.7. The van der Waals surface area contributed by atoms with Crippen molar-refractivity contribution in [3.63, 3.8) is 0 Å². The number of aryl methyl sites for hydroxylation is 2. The molecule has 0 saturated carbocycles. The maximum atomic E-state index is 11.7. The summed E-state index contributed by atoms with van der Waals surface area (Å²) < 4.78 is 5.12. The molecule has 0 aliphatic carbocycles. The van der Waals surface area contributed by atoms with Gasteiger partial charge in [0.25, 0.3) is 0 Å². The van der Waals surface area contributed by atoms with Crippen molar-refractivity contribution in [1.82, 2.24) is 10.5 Å². The highest BCUT2D eigenvalue weighted by molar-refractivity contribution is 5.81. The summed E-state index contributed by atoms with van der Waals surface area (Å²) in [7, 11) is 0. The molecule has 5 heteroatoms. The zero-order valence-corrected chi connectivity index (χ0v) is 11.6. The van der Waals surface area contributed by atoms with Crippen LogP contribution in [0.4, 0.5) is 0 Å². The van der Waals surface area contributed by atoms with Crippen LogP contribution in [-0.2, 0) is 4.79 Å². The van der Waals surface area contributed by atoms with E-state index in [1.54, 1.807) is 0 Å². The van der Waals surface area contributed by atoms with Crippen molar-refractivity contribution in [3.05, 3.63) is 17.0 Å². The molecule has 0 aliphatic rings. The smallest absolute Gasteiger partial charge is 0.236 e. The van der Waals surface area contributed by atoms with E-state index in [0.29, 0.717) is 13.0 Å². The molecule has 1 heterocycles.